The summed E-state index contributed by atoms with van der Waals surface area (Å²) in [6.45, 7) is 2.91. The lowest BCUT2D eigenvalue weighted by Gasteiger charge is -2.05. The quantitative estimate of drug-likeness (QED) is 0.867. The van der Waals surface area contributed by atoms with Crippen molar-refractivity contribution < 1.29 is 4.79 Å². The summed E-state index contributed by atoms with van der Waals surface area (Å²) >= 11 is 1.56. The molecule has 0 spiro atoms. The normalized spacial score (nSPS) is 9.94. The van der Waals surface area contributed by atoms with Crippen LogP contribution in [0, 0.1) is 0 Å². The highest BCUT2D eigenvalue weighted by Crippen LogP contribution is 2.14. The first-order chi connectivity index (χ1) is 8.29. The molecule has 0 aliphatic carbocycles. The molecule has 4 heteroatoms. The van der Waals surface area contributed by atoms with Crippen molar-refractivity contribution in [2.45, 2.75) is 6.92 Å². The van der Waals surface area contributed by atoms with E-state index in [2.05, 4.69) is 10.6 Å². The van der Waals surface area contributed by atoms with Gasteiger partial charge in [0.25, 0.3) is 5.91 Å². The van der Waals surface area contributed by atoms with Gasteiger partial charge in [-0.3, -0.25) is 4.79 Å². The number of benzene rings is 1. The maximum absolute atomic E-state index is 11.9. The summed E-state index contributed by atoms with van der Waals surface area (Å²) in [4.78, 5) is 11.9. The number of anilines is 2. The third-order valence-electron chi connectivity index (χ3n) is 2.31. The van der Waals surface area contributed by atoms with Crippen molar-refractivity contribution in [3.63, 3.8) is 0 Å². The van der Waals surface area contributed by atoms with Crippen LogP contribution in [-0.2, 0) is 0 Å². The lowest BCUT2D eigenvalue weighted by Crippen LogP contribution is -2.11. The zero-order valence-corrected chi connectivity index (χ0v) is 10.4. The minimum atomic E-state index is -0.0774. The molecule has 1 aromatic carbocycles. The van der Waals surface area contributed by atoms with Gasteiger partial charge < -0.3 is 10.6 Å². The van der Waals surface area contributed by atoms with E-state index in [0.29, 0.717) is 5.56 Å². The van der Waals surface area contributed by atoms with Crippen LogP contribution in [0.4, 0.5) is 11.4 Å². The summed E-state index contributed by atoms with van der Waals surface area (Å²) in [7, 11) is 0. The second-order valence-corrected chi connectivity index (χ2v) is 4.35. The fourth-order valence-corrected chi connectivity index (χ4v) is 2.07. The molecular weight excluding hydrogens is 232 g/mol. The molecule has 0 bridgehead atoms. The number of thiophene rings is 1. The number of hydrogen-bond donors (Lipinski definition) is 2. The van der Waals surface area contributed by atoms with Gasteiger partial charge in [0.1, 0.15) is 0 Å². The summed E-state index contributed by atoms with van der Waals surface area (Å²) in [6.07, 6.45) is 0. The Hall–Kier alpha value is -1.81. The third-order valence-corrected chi connectivity index (χ3v) is 2.99. The lowest BCUT2D eigenvalue weighted by atomic mass is 10.2. The molecule has 0 atom stereocenters. The molecular formula is C13H14N2OS. The smallest absolute Gasteiger partial charge is 0.255 e. The molecule has 17 heavy (non-hydrogen) atoms. The summed E-state index contributed by atoms with van der Waals surface area (Å²) in [5.41, 5.74) is 2.54. The van der Waals surface area contributed by atoms with Gasteiger partial charge in [0.05, 0.1) is 5.69 Å². The number of rotatable bonds is 4. The summed E-state index contributed by atoms with van der Waals surface area (Å²) in [5.74, 6) is -0.0774. The van der Waals surface area contributed by atoms with Crippen LogP contribution in [0.3, 0.4) is 0 Å². The molecule has 0 saturated carbocycles. The van der Waals surface area contributed by atoms with Crippen LogP contribution in [0.15, 0.2) is 41.1 Å². The van der Waals surface area contributed by atoms with Gasteiger partial charge in [0, 0.05) is 23.2 Å². The third kappa shape index (κ3) is 3.07. The molecule has 1 amide bonds. The Morgan fingerprint density at radius 1 is 1.18 bits per heavy atom. The topological polar surface area (TPSA) is 41.1 Å². The first-order valence-electron chi connectivity index (χ1n) is 5.47. The van der Waals surface area contributed by atoms with E-state index in [1.165, 1.54) is 0 Å². The van der Waals surface area contributed by atoms with Gasteiger partial charge in [-0.05, 0) is 42.6 Å². The van der Waals surface area contributed by atoms with E-state index < -0.39 is 0 Å². The van der Waals surface area contributed by atoms with E-state index in [0.717, 1.165) is 17.9 Å². The van der Waals surface area contributed by atoms with E-state index in [9.17, 15) is 4.79 Å². The summed E-state index contributed by atoms with van der Waals surface area (Å²) < 4.78 is 0. The molecule has 0 aliphatic heterocycles. The van der Waals surface area contributed by atoms with Crippen molar-refractivity contribution in [1.29, 1.82) is 0 Å². The minimum absolute atomic E-state index is 0.0774. The molecule has 0 fully saturated rings. The second-order valence-electron chi connectivity index (χ2n) is 3.57. The van der Waals surface area contributed by atoms with Gasteiger partial charge >= 0.3 is 0 Å². The lowest BCUT2D eigenvalue weighted by molar-refractivity contribution is 0.102. The molecule has 2 aromatic rings. The van der Waals surface area contributed by atoms with E-state index in [1.54, 1.807) is 11.3 Å². The molecule has 2 rings (SSSR count). The van der Waals surface area contributed by atoms with E-state index in [-0.39, 0.29) is 5.91 Å². The first-order valence-corrected chi connectivity index (χ1v) is 6.41. The summed E-state index contributed by atoms with van der Waals surface area (Å²) in [6, 6.07) is 9.34. The number of hydrogen-bond acceptors (Lipinski definition) is 3. The fraction of sp³-hybridized carbons (Fsp3) is 0.154. The van der Waals surface area contributed by atoms with Crippen molar-refractivity contribution in [3.8, 4) is 0 Å². The van der Waals surface area contributed by atoms with Crippen LogP contribution in [0.25, 0.3) is 0 Å². The van der Waals surface area contributed by atoms with Crippen molar-refractivity contribution in [1.82, 2.24) is 0 Å². The Morgan fingerprint density at radius 3 is 2.53 bits per heavy atom. The zero-order valence-electron chi connectivity index (χ0n) is 9.57. The summed E-state index contributed by atoms with van der Waals surface area (Å²) in [5, 5.41) is 9.87. The number of amides is 1. The highest BCUT2D eigenvalue weighted by Gasteiger charge is 2.05. The van der Waals surface area contributed by atoms with Crippen molar-refractivity contribution in [3.05, 3.63) is 46.7 Å². The maximum Gasteiger partial charge on any atom is 0.255 e. The van der Waals surface area contributed by atoms with Crippen LogP contribution < -0.4 is 10.6 Å². The van der Waals surface area contributed by atoms with Crippen molar-refractivity contribution in [2.24, 2.45) is 0 Å². The van der Waals surface area contributed by atoms with Crippen LogP contribution in [-0.4, -0.2) is 12.5 Å². The first kappa shape index (κ1) is 11.7. The van der Waals surface area contributed by atoms with Crippen LogP contribution in [0.5, 0.6) is 0 Å². The van der Waals surface area contributed by atoms with Gasteiger partial charge in [-0.1, -0.05) is 0 Å². The van der Waals surface area contributed by atoms with E-state index >= 15 is 0 Å². The number of carbonyl (C=O) groups is 1. The fourth-order valence-electron chi connectivity index (χ4n) is 1.48. The van der Waals surface area contributed by atoms with Gasteiger partial charge in [-0.2, -0.15) is 11.3 Å². The number of carbonyl (C=O) groups excluding carboxylic acids is 1. The molecule has 0 radical (unpaired) electrons. The molecule has 88 valence electrons. The Balaban J connectivity index is 2.04. The van der Waals surface area contributed by atoms with Crippen molar-refractivity contribution >= 4 is 28.6 Å². The molecule has 3 nitrogen and oxygen atoms in total. The molecule has 2 N–H and O–H groups in total. The molecule has 0 unspecified atom stereocenters. The molecule has 0 aliphatic rings. The SMILES string of the molecule is CCNc1ccc(C(=O)Nc2ccsc2)cc1. The van der Waals surface area contributed by atoms with Crippen LogP contribution >= 0.6 is 11.3 Å². The zero-order chi connectivity index (χ0) is 12.1. The van der Waals surface area contributed by atoms with Gasteiger partial charge in [-0.15, -0.1) is 0 Å². The molecule has 1 aromatic heterocycles. The minimum Gasteiger partial charge on any atom is -0.385 e. The van der Waals surface area contributed by atoms with E-state index in [4.69, 9.17) is 0 Å². The Kier molecular flexibility index (Phi) is 3.77. The largest absolute Gasteiger partial charge is 0.385 e. The average Bonchev–Trinajstić information content (AvgIpc) is 2.83. The van der Waals surface area contributed by atoms with Gasteiger partial charge in [0.2, 0.25) is 0 Å². The van der Waals surface area contributed by atoms with Crippen LogP contribution in [0.2, 0.25) is 0 Å². The Morgan fingerprint density at radius 2 is 1.94 bits per heavy atom. The predicted octanol–water partition coefficient (Wildman–Crippen LogP) is 3.43. The van der Waals surface area contributed by atoms with Gasteiger partial charge in [0.15, 0.2) is 0 Å². The monoisotopic (exact) mass is 246 g/mol. The standard InChI is InChI=1S/C13H14N2OS/c1-2-14-11-5-3-10(4-6-11)13(16)15-12-7-8-17-9-12/h3-9,14H,2H2,1H3,(H,15,16). The Labute approximate surface area is 104 Å². The highest BCUT2D eigenvalue weighted by atomic mass is 32.1. The maximum atomic E-state index is 11.9. The van der Waals surface area contributed by atoms with Gasteiger partial charge in [-0.25, -0.2) is 0 Å². The average molecular weight is 246 g/mol. The predicted molar refractivity (Wildman–Crippen MR) is 72.9 cm³/mol. The molecule has 1 heterocycles. The van der Waals surface area contributed by atoms with E-state index in [1.807, 2.05) is 48.0 Å². The molecule has 0 saturated heterocycles. The second kappa shape index (κ2) is 5.50. The van der Waals surface area contributed by atoms with Crippen molar-refractivity contribution in [2.75, 3.05) is 17.2 Å². The van der Waals surface area contributed by atoms with Crippen LogP contribution in [0.1, 0.15) is 17.3 Å². The number of nitrogens with one attached hydrogen (secondary N) is 2. The highest BCUT2D eigenvalue weighted by molar-refractivity contribution is 7.08. The Bertz CT molecular complexity index is 477.